The Morgan fingerprint density at radius 1 is 1.29 bits per heavy atom. The SMILES string of the molecule is NC(c1ccc(O)c(F)c1F)C1CC1. The quantitative estimate of drug-likeness (QED) is 0.766. The van der Waals surface area contributed by atoms with Crippen LogP contribution in [0.5, 0.6) is 5.75 Å². The maximum atomic E-state index is 13.3. The smallest absolute Gasteiger partial charge is 0.200 e. The number of phenols is 1. The lowest BCUT2D eigenvalue weighted by Crippen LogP contribution is -2.14. The van der Waals surface area contributed by atoms with Gasteiger partial charge in [0.05, 0.1) is 0 Å². The van der Waals surface area contributed by atoms with Crippen molar-refractivity contribution in [2.75, 3.05) is 0 Å². The number of hydrogen-bond acceptors (Lipinski definition) is 2. The van der Waals surface area contributed by atoms with E-state index in [1.165, 1.54) is 6.07 Å². The van der Waals surface area contributed by atoms with Gasteiger partial charge in [-0.25, -0.2) is 4.39 Å². The third kappa shape index (κ3) is 1.46. The fourth-order valence-electron chi connectivity index (χ4n) is 1.52. The Kier molecular flexibility index (Phi) is 2.15. The van der Waals surface area contributed by atoms with Crippen molar-refractivity contribution in [1.82, 2.24) is 0 Å². The molecule has 1 unspecified atom stereocenters. The summed E-state index contributed by atoms with van der Waals surface area (Å²) in [6.07, 6.45) is 1.92. The zero-order valence-electron chi connectivity index (χ0n) is 7.50. The van der Waals surface area contributed by atoms with Crippen LogP contribution in [0.4, 0.5) is 8.78 Å². The van der Waals surface area contributed by atoms with Gasteiger partial charge in [-0.05, 0) is 24.8 Å². The first kappa shape index (κ1) is 9.40. The minimum atomic E-state index is -1.21. The summed E-state index contributed by atoms with van der Waals surface area (Å²) in [4.78, 5) is 0. The molecule has 1 aliphatic rings. The predicted octanol–water partition coefficient (Wildman–Crippen LogP) is 2.08. The molecule has 0 aromatic heterocycles. The topological polar surface area (TPSA) is 46.2 Å². The molecule has 0 radical (unpaired) electrons. The zero-order valence-corrected chi connectivity index (χ0v) is 7.50. The number of hydrogen-bond donors (Lipinski definition) is 2. The number of benzene rings is 1. The van der Waals surface area contributed by atoms with E-state index in [0.29, 0.717) is 0 Å². The maximum Gasteiger partial charge on any atom is 0.200 e. The normalized spacial score (nSPS) is 18.2. The number of phenolic OH excluding ortho intramolecular Hbond substituents is 1. The molecule has 0 bridgehead atoms. The second kappa shape index (κ2) is 3.20. The minimum absolute atomic E-state index is 0.155. The molecule has 0 saturated heterocycles. The van der Waals surface area contributed by atoms with Crippen LogP contribution in [-0.2, 0) is 0 Å². The molecule has 1 aliphatic carbocycles. The van der Waals surface area contributed by atoms with Crippen molar-refractivity contribution in [3.63, 3.8) is 0 Å². The van der Waals surface area contributed by atoms with Gasteiger partial charge >= 0.3 is 0 Å². The van der Waals surface area contributed by atoms with Crippen molar-refractivity contribution in [2.45, 2.75) is 18.9 Å². The number of halogens is 2. The van der Waals surface area contributed by atoms with Crippen LogP contribution in [0.15, 0.2) is 12.1 Å². The van der Waals surface area contributed by atoms with Crippen molar-refractivity contribution in [2.24, 2.45) is 11.7 Å². The molecule has 1 atom stereocenters. The number of nitrogens with two attached hydrogens (primary N) is 1. The Bertz CT molecular complexity index is 363. The van der Waals surface area contributed by atoms with Gasteiger partial charge in [-0.2, -0.15) is 4.39 Å². The summed E-state index contributed by atoms with van der Waals surface area (Å²) in [5.74, 6) is -2.65. The summed E-state index contributed by atoms with van der Waals surface area (Å²) in [6, 6.07) is 2.03. The van der Waals surface area contributed by atoms with Gasteiger partial charge in [-0.1, -0.05) is 6.07 Å². The van der Waals surface area contributed by atoms with Crippen LogP contribution in [0, 0.1) is 17.6 Å². The lowest BCUT2D eigenvalue weighted by atomic mass is 10.0. The molecule has 2 nitrogen and oxygen atoms in total. The molecule has 0 heterocycles. The molecule has 0 amide bonds. The van der Waals surface area contributed by atoms with E-state index in [-0.39, 0.29) is 11.5 Å². The molecular weight excluding hydrogens is 188 g/mol. The second-order valence-electron chi connectivity index (χ2n) is 3.67. The summed E-state index contributed by atoms with van der Waals surface area (Å²) in [5.41, 5.74) is 5.89. The molecule has 1 aromatic rings. The molecule has 0 aliphatic heterocycles. The molecular formula is C10H11F2NO. The van der Waals surface area contributed by atoms with Gasteiger partial charge in [0.15, 0.2) is 11.6 Å². The van der Waals surface area contributed by atoms with Gasteiger partial charge in [0.1, 0.15) is 0 Å². The molecule has 1 saturated carbocycles. The monoisotopic (exact) mass is 199 g/mol. The highest BCUT2D eigenvalue weighted by molar-refractivity contribution is 5.32. The van der Waals surface area contributed by atoms with Gasteiger partial charge in [0.25, 0.3) is 0 Å². The highest BCUT2D eigenvalue weighted by Crippen LogP contribution is 2.40. The Morgan fingerprint density at radius 3 is 2.50 bits per heavy atom. The van der Waals surface area contributed by atoms with E-state index < -0.39 is 23.4 Å². The summed E-state index contributed by atoms with van der Waals surface area (Å²) in [7, 11) is 0. The second-order valence-corrected chi connectivity index (χ2v) is 3.67. The number of rotatable bonds is 2. The first-order valence-corrected chi connectivity index (χ1v) is 4.53. The van der Waals surface area contributed by atoms with Gasteiger partial charge in [-0.15, -0.1) is 0 Å². The average molecular weight is 199 g/mol. The molecule has 76 valence electrons. The lowest BCUT2D eigenvalue weighted by molar-refractivity contribution is 0.399. The van der Waals surface area contributed by atoms with Crippen molar-refractivity contribution in [3.8, 4) is 5.75 Å². The summed E-state index contributed by atoms with van der Waals surface area (Å²) >= 11 is 0. The largest absolute Gasteiger partial charge is 0.505 e. The van der Waals surface area contributed by atoms with Crippen molar-refractivity contribution in [1.29, 1.82) is 0 Å². The highest BCUT2D eigenvalue weighted by Gasteiger charge is 2.32. The van der Waals surface area contributed by atoms with Gasteiger partial charge in [-0.3, -0.25) is 0 Å². The molecule has 14 heavy (non-hydrogen) atoms. The Balaban J connectivity index is 2.38. The number of aromatic hydroxyl groups is 1. The highest BCUT2D eigenvalue weighted by atomic mass is 19.2. The van der Waals surface area contributed by atoms with Crippen LogP contribution < -0.4 is 5.73 Å². The summed E-state index contributed by atoms with van der Waals surface area (Å²) < 4.78 is 26.2. The van der Waals surface area contributed by atoms with Crippen LogP contribution in [-0.4, -0.2) is 5.11 Å². The van der Waals surface area contributed by atoms with E-state index in [9.17, 15) is 8.78 Å². The average Bonchev–Trinajstić information content (AvgIpc) is 2.97. The molecule has 1 fully saturated rings. The fourth-order valence-corrected chi connectivity index (χ4v) is 1.52. The molecule has 3 N–H and O–H groups in total. The van der Waals surface area contributed by atoms with Crippen LogP contribution in [0.2, 0.25) is 0 Å². The van der Waals surface area contributed by atoms with E-state index >= 15 is 0 Å². The van der Waals surface area contributed by atoms with E-state index in [2.05, 4.69) is 0 Å². The van der Waals surface area contributed by atoms with Crippen LogP contribution in [0.1, 0.15) is 24.4 Å². The van der Waals surface area contributed by atoms with E-state index in [1.807, 2.05) is 0 Å². The Labute approximate surface area is 80.4 Å². The van der Waals surface area contributed by atoms with Crippen LogP contribution in [0.3, 0.4) is 0 Å². The molecule has 1 aromatic carbocycles. The molecule has 0 spiro atoms. The van der Waals surface area contributed by atoms with Gasteiger partial charge in [0, 0.05) is 11.6 Å². The summed E-state index contributed by atoms with van der Waals surface area (Å²) in [5, 5.41) is 8.90. The van der Waals surface area contributed by atoms with E-state index in [1.54, 1.807) is 0 Å². The maximum absolute atomic E-state index is 13.3. The predicted molar refractivity (Wildman–Crippen MR) is 47.7 cm³/mol. The van der Waals surface area contributed by atoms with Crippen LogP contribution in [0.25, 0.3) is 0 Å². The van der Waals surface area contributed by atoms with E-state index in [4.69, 9.17) is 10.8 Å². The third-order valence-electron chi connectivity index (χ3n) is 2.58. The van der Waals surface area contributed by atoms with Crippen molar-refractivity contribution >= 4 is 0 Å². The lowest BCUT2D eigenvalue weighted by Gasteiger charge is -2.12. The minimum Gasteiger partial charge on any atom is -0.505 e. The first-order valence-electron chi connectivity index (χ1n) is 4.53. The first-order chi connectivity index (χ1) is 6.61. The van der Waals surface area contributed by atoms with E-state index in [0.717, 1.165) is 18.9 Å². The fraction of sp³-hybridized carbons (Fsp3) is 0.400. The van der Waals surface area contributed by atoms with Gasteiger partial charge < -0.3 is 10.8 Å². The summed E-state index contributed by atoms with van der Waals surface area (Å²) in [6.45, 7) is 0. The molecule has 2 rings (SSSR count). The Hall–Kier alpha value is -1.16. The van der Waals surface area contributed by atoms with Crippen LogP contribution >= 0.6 is 0 Å². The zero-order chi connectivity index (χ0) is 10.3. The van der Waals surface area contributed by atoms with Crippen molar-refractivity contribution < 1.29 is 13.9 Å². The van der Waals surface area contributed by atoms with Crippen molar-refractivity contribution in [3.05, 3.63) is 29.3 Å². The molecule has 4 heteroatoms. The van der Waals surface area contributed by atoms with Gasteiger partial charge in [0.2, 0.25) is 5.82 Å². The standard InChI is InChI=1S/C10H11F2NO/c11-8-6(10(13)5-1-2-5)3-4-7(14)9(8)12/h3-5,10,14H,1-2,13H2. The Morgan fingerprint density at radius 2 is 1.93 bits per heavy atom. The third-order valence-corrected chi connectivity index (χ3v) is 2.58.